The molecule has 0 heterocycles. The number of ether oxygens (including phenoxy) is 2. The number of phosphoric ester groups is 2. The van der Waals surface area contributed by atoms with Crippen LogP contribution in [0.3, 0.4) is 0 Å². The average Bonchev–Trinajstić information content (AvgIpc) is 3.24. The molecule has 0 saturated heterocycles. The molecule has 372 valence electrons. The minimum atomic E-state index is -5.37. The third-order valence-corrected chi connectivity index (χ3v) is 12.0. The molecule has 1 fully saturated rings. The van der Waals surface area contributed by atoms with E-state index in [2.05, 4.69) is 23.6 Å². The van der Waals surface area contributed by atoms with Crippen molar-refractivity contribution >= 4 is 27.6 Å². The van der Waals surface area contributed by atoms with E-state index in [9.17, 15) is 49.1 Å². The molecule has 0 aromatic heterocycles. The average molecular weight is 955 g/mol. The van der Waals surface area contributed by atoms with Gasteiger partial charge in [-0.05, 0) is 64.2 Å². The predicted octanol–water partition coefficient (Wildman–Crippen LogP) is 7.48. The van der Waals surface area contributed by atoms with Crippen molar-refractivity contribution in [2.24, 2.45) is 0 Å². The molecule has 0 aromatic carbocycles. The van der Waals surface area contributed by atoms with Crippen LogP contribution in [0.4, 0.5) is 0 Å². The van der Waals surface area contributed by atoms with Crippen molar-refractivity contribution in [2.45, 2.75) is 210 Å². The minimum absolute atomic E-state index is 0.0228. The van der Waals surface area contributed by atoms with Crippen molar-refractivity contribution in [1.82, 2.24) is 0 Å². The largest absolute Gasteiger partial charge is 0.472 e. The van der Waals surface area contributed by atoms with Gasteiger partial charge in [-0.25, -0.2) is 9.13 Å². The number of unbranched alkanes of at least 4 members (excludes halogenated alkanes) is 16. The number of allylic oxidation sites excluding steroid dienone is 6. The van der Waals surface area contributed by atoms with E-state index in [-0.39, 0.29) is 12.8 Å². The zero-order valence-corrected chi connectivity index (χ0v) is 39.9. The number of carbonyl (C=O) groups excluding carboxylic acids is 2. The Bertz CT molecular complexity index is 1450. The number of hydrogen-bond acceptors (Lipinski definition) is 14. The maximum atomic E-state index is 13.0. The summed E-state index contributed by atoms with van der Waals surface area (Å²) in [7, 11) is -10.7. The SMILES string of the molecule is CC/C=C/CC(O)/C=C/C=C/CCCCCCCC(=O)OC[C@H](COP(=O)(O)O[C@H]1C(O)C(O)C(O)[C@@H](OP(=O)(O)O)C1O)OC(=O)CCCCCCCCC/C=C\CCCCCC. The number of aliphatic hydroxyl groups is 5. The summed E-state index contributed by atoms with van der Waals surface area (Å²) in [6.07, 6.45) is 21.1. The molecule has 0 radical (unpaired) electrons. The Balaban J connectivity index is 2.63. The van der Waals surface area contributed by atoms with Crippen LogP contribution < -0.4 is 0 Å². The van der Waals surface area contributed by atoms with E-state index < -0.39 is 89.6 Å². The van der Waals surface area contributed by atoms with Gasteiger partial charge < -0.3 is 49.7 Å². The molecule has 6 unspecified atom stereocenters. The lowest BCUT2D eigenvalue weighted by atomic mass is 9.85. The molecule has 64 heavy (non-hydrogen) atoms. The summed E-state index contributed by atoms with van der Waals surface area (Å²) >= 11 is 0. The normalized spacial score (nSPS) is 22.7. The Morgan fingerprint density at radius 3 is 1.66 bits per heavy atom. The quantitative estimate of drug-likeness (QED) is 0.00979. The Morgan fingerprint density at radius 1 is 0.578 bits per heavy atom. The van der Waals surface area contributed by atoms with E-state index in [0.717, 1.165) is 89.9 Å². The fraction of sp³-hybridized carbons (Fsp3) is 0.778. The fourth-order valence-electron chi connectivity index (χ4n) is 6.82. The molecule has 8 N–H and O–H groups in total. The standard InChI is InChI=1S/C45H80O17P2/c1-3-5-7-8-9-10-11-12-13-14-15-18-22-25-29-33-39(48)60-37(34-58-38(47)32-28-24-21-19-16-17-20-23-27-31-36(46)30-26-6-4-2)35-59-64(56,57)62-45-42(51)40(49)41(50)44(43(45)52)61-63(53,54)55/h6,10-11,20,23,26-27,31,36-37,40-46,49-52H,3-5,7-9,12-19,21-22,24-25,28-30,32-35H2,1-2H3,(H,56,57)(H2,53,54,55)/b11-10-,23-20+,26-6+,31-27+/t36?,37-,40?,41?,42?,43?,44-,45+/m1/s1. The van der Waals surface area contributed by atoms with Crippen LogP contribution in [0.15, 0.2) is 48.6 Å². The van der Waals surface area contributed by atoms with E-state index in [0.29, 0.717) is 19.3 Å². The van der Waals surface area contributed by atoms with E-state index in [1.54, 1.807) is 6.08 Å². The smallest absolute Gasteiger partial charge is 0.462 e. The third kappa shape index (κ3) is 30.3. The van der Waals surface area contributed by atoms with E-state index >= 15 is 0 Å². The van der Waals surface area contributed by atoms with Crippen molar-refractivity contribution in [1.29, 1.82) is 0 Å². The number of hydrogen-bond donors (Lipinski definition) is 8. The van der Waals surface area contributed by atoms with Gasteiger partial charge in [-0.1, -0.05) is 133 Å². The Kier molecular flexibility index (Phi) is 33.7. The van der Waals surface area contributed by atoms with Gasteiger partial charge in [0, 0.05) is 12.8 Å². The van der Waals surface area contributed by atoms with Crippen molar-refractivity contribution < 1.29 is 82.0 Å². The first-order chi connectivity index (χ1) is 30.5. The maximum absolute atomic E-state index is 13.0. The molecule has 1 saturated carbocycles. The van der Waals surface area contributed by atoms with Gasteiger partial charge in [0.15, 0.2) is 6.10 Å². The first kappa shape index (κ1) is 59.9. The molecule has 0 amide bonds. The van der Waals surface area contributed by atoms with Gasteiger partial charge in [-0.15, -0.1) is 0 Å². The molecular formula is C45H80O17P2. The van der Waals surface area contributed by atoms with Crippen LogP contribution in [-0.2, 0) is 41.8 Å². The summed E-state index contributed by atoms with van der Waals surface area (Å²) in [5.74, 6) is -1.27. The molecule has 1 aliphatic rings. The Labute approximate surface area is 380 Å². The highest BCUT2D eigenvalue weighted by atomic mass is 31.2. The number of aliphatic hydroxyl groups excluding tert-OH is 5. The van der Waals surface area contributed by atoms with Crippen LogP contribution in [0.25, 0.3) is 0 Å². The first-order valence-electron chi connectivity index (χ1n) is 23.3. The molecule has 0 aromatic rings. The monoisotopic (exact) mass is 954 g/mol. The fourth-order valence-corrected chi connectivity index (χ4v) is 8.36. The van der Waals surface area contributed by atoms with Crippen LogP contribution in [0.5, 0.6) is 0 Å². The summed E-state index contributed by atoms with van der Waals surface area (Å²) < 4.78 is 49.3. The van der Waals surface area contributed by atoms with Crippen molar-refractivity contribution in [3.63, 3.8) is 0 Å². The van der Waals surface area contributed by atoms with E-state index in [4.69, 9.17) is 28.3 Å². The van der Waals surface area contributed by atoms with Gasteiger partial charge in [0.25, 0.3) is 0 Å². The van der Waals surface area contributed by atoms with Crippen LogP contribution in [-0.4, -0.2) is 114 Å². The number of esters is 2. The van der Waals surface area contributed by atoms with Crippen molar-refractivity contribution in [3.05, 3.63) is 48.6 Å². The topological polar surface area (TPSA) is 276 Å². The lowest BCUT2D eigenvalue weighted by Gasteiger charge is -2.43. The second-order valence-corrected chi connectivity index (χ2v) is 18.9. The number of carbonyl (C=O) groups is 2. The molecule has 1 aliphatic carbocycles. The maximum Gasteiger partial charge on any atom is 0.472 e. The lowest BCUT2D eigenvalue weighted by molar-refractivity contribution is -0.216. The van der Waals surface area contributed by atoms with Crippen LogP contribution in [0, 0.1) is 0 Å². The summed E-state index contributed by atoms with van der Waals surface area (Å²) in [4.78, 5) is 54.2. The lowest BCUT2D eigenvalue weighted by Crippen LogP contribution is -2.64. The predicted molar refractivity (Wildman–Crippen MR) is 243 cm³/mol. The molecule has 19 heteroatoms. The highest BCUT2D eigenvalue weighted by Crippen LogP contribution is 2.49. The molecule has 0 bridgehead atoms. The molecule has 1 rings (SSSR count). The Hall–Kier alpha value is -2.08. The van der Waals surface area contributed by atoms with Crippen molar-refractivity contribution in [2.75, 3.05) is 13.2 Å². The molecule has 17 nitrogen and oxygen atoms in total. The Morgan fingerprint density at radius 2 is 1.09 bits per heavy atom. The summed E-state index contributed by atoms with van der Waals surface area (Å²) in [5.41, 5.74) is 0. The zero-order valence-electron chi connectivity index (χ0n) is 38.1. The summed E-state index contributed by atoms with van der Waals surface area (Å²) in [6.45, 7) is 2.85. The van der Waals surface area contributed by atoms with Gasteiger partial charge in [0.05, 0.1) is 12.7 Å². The number of rotatable bonds is 38. The second kappa shape index (κ2) is 36.0. The first-order valence-corrected chi connectivity index (χ1v) is 26.3. The van der Waals surface area contributed by atoms with Crippen LogP contribution in [0.2, 0.25) is 0 Å². The van der Waals surface area contributed by atoms with Crippen LogP contribution in [0.1, 0.15) is 162 Å². The van der Waals surface area contributed by atoms with Gasteiger partial charge in [0.2, 0.25) is 0 Å². The molecule has 0 aliphatic heterocycles. The van der Waals surface area contributed by atoms with Crippen LogP contribution >= 0.6 is 15.6 Å². The van der Waals surface area contributed by atoms with E-state index in [1.807, 2.05) is 37.3 Å². The van der Waals surface area contributed by atoms with Crippen molar-refractivity contribution in [3.8, 4) is 0 Å². The van der Waals surface area contributed by atoms with Gasteiger partial charge in [0.1, 0.15) is 43.2 Å². The second-order valence-electron chi connectivity index (χ2n) is 16.3. The summed E-state index contributed by atoms with van der Waals surface area (Å²) in [6, 6.07) is 0. The van der Waals surface area contributed by atoms with Gasteiger partial charge in [-0.2, -0.15) is 0 Å². The summed E-state index contributed by atoms with van der Waals surface area (Å²) in [5, 5.41) is 51.1. The van der Waals surface area contributed by atoms with Gasteiger partial charge >= 0.3 is 27.6 Å². The third-order valence-electron chi connectivity index (χ3n) is 10.5. The molecular weight excluding hydrogens is 874 g/mol. The number of phosphoric acid groups is 2. The minimum Gasteiger partial charge on any atom is -0.462 e. The molecule has 9 atom stereocenters. The highest BCUT2D eigenvalue weighted by molar-refractivity contribution is 7.47. The highest BCUT2D eigenvalue weighted by Gasteiger charge is 2.54. The molecule has 0 spiro atoms. The van der Waals surface area contributed by atoms with E-state index in [1.165, 1.54) is 25.7 Å². The zero-order chi connectivity index (χ0) is 47.6. The van der Waals surface area contributed by atoms with Gasteiger partial charge in [-0.3, -0.25) is 23.2 Å².